The number of nitrogens with zero attached hydrogens (tertiary/aromatic N) is 5. The lowest BCUT2D eigenvalue weighted by atomic mass is 9.84. The van der Waals surface area contributed by atoms with Crippen molar-refractivity contribution in [3.63, 3.8) is 0 Å². The number of carbonyl (C=O) groups is 1. The lowest BCUT2D eigenvalue weighted by molar-refractivity contribution is -0.184. The quantitative estimate of drug-likeness (QED) is 0.185. The molecule has 9 nitrogen and oxygen atoms in total. The van der Waals surface area contributed by atoms with Crippen LogP contribution in [0.4, 0.5) is 32.0 Å². The molecule has 2 aromatic heterocycles. The Hall–Kier alpha value is -2.85. The van der Waals surface area contributed by atoms with Gasteiger partial charge in [-0.3, -0.25) is 14.5 Å². The highest BCUT2D eigenvalue weighted by molar-refractivity contribution is 6.76. The summed E-state index contributed by atoms with van der Waals surface area (Å²) >= 11 is 0. The van der Waals surface area contributed by atoms with Crippen molar-refractivity contribution in [2.24, 2.45) is 5.92 Å². The van der Waals surface area contributed by atoms with Crippen molar-refractivity contribution in [2.75, 3.05) is 38.1 Å². The van der Waals surface area contributed by atoms with Crippen molar-refractivity contribution in [3.05, 3.63) is 46.1 Å². The maximum atomic E-state index is 14.0. The van der Waals surface area contributed by atoms with Gasteiger partial charge in [0.25, 0.3) is 11.5 Å². The molecule has 258 valence electrons. The van der Waals surface area contributed by atoms with Crippen molar-refractivity contribution in [2.45, 2.75) is 96.0 Å². The number of ether oxygens (including phenoxy) is 1. The number of carbonyl (C=O) groups excluding carboxylic acids is 1. The number of amides is 1. The van der Waals surface area contributed by atoms with E-state index in [1.54, 1.807) is 34.9 Å². The summed E-state index contributed by atoms with van der Waals surface area (Å²) in [6.07, 6.45) is -3.51. The van der Waals surface area contributed by atoms with Crippen LogP contribution in [0.3, 0.4) is 0 Å². The molecule has 0 bridgehead atoms. The lowest BCUT2D eigenvalue weighted by Crippen LogP contribution is -2.52. The number of piperazine rings is 1. The molecule has 1 aliphatic carbocycles. The third-order valence-corrected chi connectivity index (χ3v) is 10.4. The van der Waals surface area contributed by atoms with E-state index < -0.39 is 49.2 Å². The summed E-state index contributed by atoms with van der Waals surface area (Å²) in [5.41, 5.74) is -2.64. The average molecular weight is 679 g/mol. The van der Waals surface area contributed by atoms with Gasteiger partial charge in [0.1, 0.15) is 12.3 Å². The molecule has 1 saturated carbocycles. The molecule has 46 heavy (non-hydrogen) atoms. The van der Waals surface area contributed by atoms with Gasteiger partial charge >= 0.3 is 12.4 Å². The van der Waals surface area contributed by atoms with Crippen molar-refractivity contribution in [1.29, 1.82) is 0 Å². The van der Waals surface area contributed by atoms with Crippen LogP contribution in [0.5, 0.6) is 0 Å². The number of halogens is 6. The second kappa shape index (κ2) is 14.5. The molecule has 1 unspecified atom stereocenters. The first-order valence-corrected chi connectivity index (χ1v) is 19.4. The van der Waals surface area contributed by atoms with Gasteiger partial charge in [-0.2, -0.15) is 31.4 Å². The third kappa shape index (κ3) is 9.59. The van der Waals surface area contributed by atoms with Gasteiger partial charge in [-0.15, -0.1) is 0 Å². The summed E-state index contributed by atoms with van der Waals surface area (Å²) in [7, 11) is -1.41. The predicted molar refractivity (Wildman–Crippen MR) is 164 cm³/mol. The first kappa shape index (κ1) is 36.0. The van der Waals surface area contributed by atoms with E-state index in [9.17, 15) is 35.9 Å². The number of aromatic nitrogens is 3. The fourth-order valence-corrected chi connectivity index (χ4v) is 6.80. The zero-order chi connectivity index (χ0) is 33.9. The molecule has 16 heteroatoms. The minimum absolute atomic E-state index is 0.0969. The Morgan fingerprint density at radius 1 is 1.07 bits per heavy atom. The van der Waals surface area contributed by atoms with E-state index in [0.717, 1.165) is 12.2 Å². The van der Waals surface area contributed by atoms with Crippen molar-refractivity contribution in [3.8, 4) is 0 Å². The van der Waals surface area contributed by atoms with E-state index in [4.69, 9.17) is 4.74 Å². The van der Waals surface area contributed by atoms with E-state index in [1.165, 1.54) is 0 Å². The van der Waals surface area contributed by atoms with Gasteiger partial charge < -0.3 is 19.5 Å². The number of nitrogens with one attached hydrogen (secondary N) is 1. The first-order chi connectivity index (χ1) is 21.4. The van der Waals surface area contributed by atoms with Crippen molar-refractivity contribution >= 4 is 19.7 Å². The average Bonchev–Trinajstić information content (AvgIpc) is 3.42. The molecule has 0 aromatic carbocycles. The Kier molecular flexibility index (Phi) is 11.3. The monoisotopic (exact) mass is 678 g/mol. The first-order valence-electron chi connectivity index (χ1n) is 15.7. The van der Waals surface area contributed by atoms with Crippen LogP contribution in [0.25, 0.3) is 0 Å². The van der Waals surface area contributed by atoms with Crippen molar-refractivity contribution < 1.29 is 35.9 Å². The summed E-state index contributed by atoms with van der Waals surface area (Å²) in [5.74, 6) is -1.41. The van der Waals surface area contributed by atoms with E-state index in [2.05, 4.69) is 35.0 Å². The number of rotatable bonds is 11. The molecule has 2 aromatic rings. The van der Waals surface area contributed by atoms with Gasteiger partial charge in [-0.1, -0.05) is 19.6 Å². The minimum atomic E-state index is -4.91. The molecule has 0 radical (unpaired) electrons. The van der Waals surface area contributed by atoms with E-state index in [-0.39, 0.29) is 38.1 Å². The Morgan fingerprint density at radius 3 is 2.30 bits per heavy atom. The normalized spacial score (nSPS) is 21.0. The van der Waals surface area contributed by atoms with Gasteiger partial charge in [0.05, 0.1) is 23.4 Å². The molecule has 2 aliphatic rings. The van der Waals surface area contributed by atoms with Crippen LogP contribution in [-0.4, -0.2) is 89.2 Å². The van der Waals surface area contributed by atoms with Gasteiger partial charge in [0.15, 0.2) is 0 Å². The van der Waals surface area contributed by atoms with Gasteiger partial charge in [-0.25, -0.2) is 4.68 Å². The number of hydrogen-bond acceptors (Lipinski definition) is 6. The van der Waals surface area contributed by atoms with Gasteiger partial charge in [0, 0.05) is 71.9 Å². The molecular weight excluding hydrogens is 634 g/mol. The number of alkyl halides is 6. The molecule has 1 saturated heterocycles. The van der Waals surface area contributed by atoms with Gasteiger partial charge in [0.2, 0.25) is 0 Å². The van der Waals surface area contributed by atoms with Gasteiger partial charge in [-0.05, 0) is 44.7 Å². The largest absolute Gasteiger partial charge is 0.423 e. The van der Waals surface area contributed by atoms with Crippen LogP contribution in [0.1, 0.15) is 48.5 Å². The molecule has 2 fully saturated rings. The third-order valence-electron chi connectivity index (χ3n) is 8.70. The molecule has 3 heterocycles. The minimum Gasteiger partial charge on any atom is -0.379 e. The summed E-state index contributed by atoms with van der Waals surface area (Å²) in [6.45, 7) is 10.3. The second-order valence-electron chi connectivity index (χ2n) is 13.6. The maximum absolute atomic E-state index is 14.0. The number of hydrogen-bond donors (Lipinski definition) is 1. The highest BCUT2D eigenvalue weighted by Crippen LogP contribution is 2.39. The molecule has 1 amide bonds. The molecular formula is C30H44F6N6O3Si. The van der Waals surface area contributed by atoms with E-state index in [1.807, 2.05) is 0 Å². The Balaban J connectivity index is 1.30. The smallest absolute Gasteiger partial charge is 0.379 e. The lowest BCUT2D eigenvalue weighted by Gasteiger charge is -2.42. The Morgan fingerprint density at radius 2 is 1.72 bits per heavy atom. The molecule has 0 spiro atoms. The molecule has 1 aliphatic heterocycles. The van der Waals surface area contributed by atoms with E-state index in [0.29, 0.717) is 55.9 Å². The van der Waals surface area contributed by atoms with Crippen LogP contribution < -0.4 is 10.9 Å². The standard InChI is InChI=1S/C30H44F6N6O3Si/c1-21(38-25-17-37-42(20-45-15-16-46(2,3)4)28(44)26(25)30(34,35)36)18-39-10-9-22(19-39)27(43)41-13-11-40(12-14-41)24-7-5-23(6-8-24)29(31,32)33/h9-10,17,19,21,23-24,38H,5-8,11-16,18,20H2,1-4H3. The Labute approximate surface area is 265 Å². The highest BCUT2D eigenvalue weighted by atomic mass is 28.3. The van der Waals surface area contributed by atoms with Crippen LogP contribution in [-0.2, 0) is 24.2 Å². The topological polar surface area (TPSA) is 84.6 Å². The predicted octanol–water partition coefficient (Wildman–Crippen LogP) is 5.76. The summed E-state index contributed by atoms with van der Waals surface area (Å²) < 4.78 is 88.7. The Bertz CT molecular complexity index is 1370. The highest BCUT2D eigenvalue weighted by Gasteiger charge is 2.42. The second-order valence-corrected chi connectivity index (χ2v) is 19.2. The maximum Gasteiger partial charge on any atom is 0.423 e. The fraction of sp³-hybridized carbons (Fsp3) is 0.700. The summed E-state index contributed by atoms with van der Waals surface area (Å²) in [4.78, 5) is 29.8. The molecule has 4 rings (SSSR count). The zero-order valence-corrected chi connectivity index (χ0v) is 27.8. The fourth-order valence-electron chi connectivity index (χ4n) is 6.04. The van der Waals surface area contributed by atoms with E-state index >= 15 is 0 Å². The summed E-state index contributed by atoms with van der Waals surface area (Å²) in [5, 5.41) is 6.65. The zero-order valence-electron chi connectivity index (χ0n) is 26.8. The van der Waals surface area contributed by atoms with Crippen LogP contribution in [0.15, 0.2) is 29.5 Å². The van der Waals surface area contributed by atoms with Crippen LogP contribution in [0, 0.1) is 5.92 Å². The van der Waals surface area contributed by atoms with Crippen LogP contribution in [0.2, 0.25) is 25.7 Å². The SMILES string of the molecule is CC(Cn1ccc(C(=O)N2CCN(C3CCC(C(F)(F)F)CC3)CC2)c1)Nc1cnn(COCC[Si](C)(C)C)c(=O)c1C(F)(F)F. The molecule has 1 atom stereocenters. The summed E-state index contributed by atoms with van der Waals surface area (Å²) in [6, 6.07) is 1.98. The van der Waals surface area contributed by atoms with Crippen molar-refractivity contribution in [1.82, 2.24) is 24.1 Å². The van der Waals surface area contributed by atoms with Crippen LogP contribution >= 0.6 is 0 Å². The molecule has 1 N–H and O–H groups in total. The number of anilines is 1.